The number of hydrogen-bond acceptors (Lipinski definition) is 3. The van der Waals surface area contributed by atoms with Crippen molar-refractivity contribution in [2.75, 3.05) is 40.3 Å². The Bertz CT molecular complexity index is 250. The van der Waals surface area contributed by atoms with Gasteiger partial charge >= 0.3 is 0 Å². The average Bonchev–Trinajstić information content (AvgIpc) is 2.39. The van der Waals surface area contributed by atoms with Crippen LogP contribution in [0, 0.1) is 0 Å². The fourth-order valence-corrected chi connectivity index (χ4v) is 2.68. The fourth-order valence-electron chi connectivity index (χ4n) is 2.68. The van der Waals surface area contributed by atoms with Gasteiger partial charge in [-0.2, -0.15) is 0 Å². The zero-order valence-corrected chi connectivity index (χ0v) is 13.0. The summed E-state index contributed by atoms with van der Waals surface area (Å²) in [7, 11) is 3.66. The summed E-state index contributed by atoms with van der Waals surface area (Å²) in [5.74, 6) is 0.243. The van der Waals surface area contributed by atoms with Gasteiger partial charge in [0.25, 0.3) is 0 Å². The second kappa shape index (κ2) is 9.32. The van der Waals surface area contributed by atoms with E-state index in [2.05, 4.69) is 17.1 Å². The summed E-state index contributed by atoms with van der Waals surface area (Å²) in [6, 6.07) is 0.657. The molecule has 1 fully saturated rings. The number of nitrogens with zero attached hydrogens (tertiary/aromatic N) is 2. The van der Waals surface area contributed by atoms with Gasteiger partial charge < -0.3 is 15.1 Å². The van der Waals surface area contributed by atoms with Gasteiger partial charge in [0, 0.05) is 33.1 Å². The number of amides is 1. The molecule has 0 aromatic rings. The number of carbonyl (C=O) groups excluding carboxylic acids is 1. The molecule has 0 radical (unpaired) electrons. The lowest BCUT2D eigenvalue weighted by Crippen LogP contribution is -2.44. The van der Waals surface area contributed by atoms with Gasteiger partial charge in [-0.05, 0) is 45.3 Å². The van der Waals surface area contributed by atoms with Crippen LogP contribution in [-0.4, -0.2) is 62.0 Å². The third-order valence-corrected chi connectivity index (χ3v) is 3.79. The first kappa shape index (κ1) is 16.4. The number of carbonyl (C=O) groups is 1. The highest BCUT2D eigenvalue weighted by atomic mass is 16.2. The van der Waals surface area contributed by atoms with E-state index in [1.165, 1.54) is 32.2 Å². The zero-order chi connectivity index (χ0) is 14.1. The van der Waals surface area contributed by atoms with Gasteiger partial charge in [0.05, 0.1) is 0 Å². The second-order valence-corrected chi connectivity index (χ2v) is 5.84. The lowest BCUT2D eigenvalue weighted by Gasteiger charge is -2.30. The average molecular weight is 269 g/mol. The zero-order valence-electron chi connectivity index (χ0n) is 13.0. The van der Waals surface area contributed by atoms with Crippen LogP contribution in [-0.2, 0) is 4.79 Å². The molecule has 1 aliphatic heterocycles. The van der Waals surface area contributed by atoms with Crippen LogP contribution >= 0.6 is 0 Å². The van der Waals surface area contributed by atoms with Crippen LogP contribution in [0.25, 0.3) is 0 Å². The quantitative estimate of drug-likeness (QED) is 0.728. The Morgan fingerprint density at radius 1 is 1.26 bits per heavy atom. The van der Waals surface area contributed by atoms with Crippen molar-refractivity contribution in [1.29, 1.82) is 0 Å². The predicted molar refractivity (Wildman–Crippen MR) is 80.3 cm³/mol. The minimum absolute atomic E-state index is 0.243. The summed E-state index contributed by atoms with van der Waals surface area (Å²) in [6.45, 7) is 6.74. The topological polar surface area (TPSA) is 35.6 Å². The van der Waals surface area contributed by atoms with Gasteiger partial charge in [-0.3, -0.25) is 4.79 Å². The fraction of sp³-hybridized carbons (Fsp3) is 0.933. The van der Waals surface area contributed by atoms with E-state index in [1.807, 2.05) is 14.1 Å². The van der Waals surface area contributed by atoms with Crippen LogP contribution in [0.3, 0.4) is 0 Å². The van der Waals surface area contributed by atoms with Crippen LogP contribution in [0.5, 0.6) is 0 Å². The molecule has 1 heterocycles. The third-order valence-electron chi connectivity index (χ3n) is 3.79. The molecule has 1 amide bonds. The summed E-state index contributed by atoms with van der Waals surface area (Å²) in [6.07, 6.45) is 6.82. The van der Waals surface area contributed by atoms with Gasteiger partial charge in [-0.15, -0.1) is 0 Å². The Hall–Kier alpha value is -0.610. The van der Waals surface area contributed by atoms with E-state index in [-0.39, 0.29) is 5.91 Å². The van der Waals surface area contributed by atoms with Crippen LogP contribution in [0.15, 0.2) is 0 Å². The van der Waals surface area contributed by atoms with Crippen LogP contribution in [0.2, 0.25) is 0 Å². The monoisotopic (exact) mass is 269 g/mol. The molecule has 0 aromatic carbocycles. The molecule has 0 spiro atoms. The van der Waals surface area contributed by atoms with Gasteiger partial charge in [0.1, 0.15) is 0 Å². The predicted octanol–water partition coefficient (Wildman–Crippen LogP) is 1.71. The Kier molecular flexibility index (Phi) is 8.07. The molecule has 0 saturated carbocycles. The van der Waals surface area contributed by atoms with Crippen LogP contribution < -0.4 is 5.32 Å². The lowest BCUT2D eigenvalue weighted by molar-refractivity contribution is -0.128. The number of hydrogen-bond donors (Lipinski definition) is 1. The van der Waals surface area contributed by atoms with E-state index < -0.39 is 0 Å². The Balaban J connectivity index is 2.25. The minimum atomic E-state index is 0.243. The van der Waals surface area contributed by atoms with Gasteiger partial charge in [0.2, 0.25) is 5.91 Å². The van der Waals surface area contributed by atoms with Crippen molar-refractivity contribution in [3.05, 3.63) is 0 Å². The third kappa shape index (κ3) is 6.92. The molecule has 1 rings (SSSR count). The smallest absolute Gasteiger partial charge is 0.222 e. The molecule has 0 bridgehead atoms. The van der Waals surface area contributed by atoms with E-state index in [1.54, 1.807) is 4.90 Å². The highest BCUT2D eigenvalue weighted by molar-refractivity contribution is 5.75. The van der Waals surface area contributed by atoms with E-state index in [0.29, 0.717) is 12.5 Å². The molecule has 1 saturated heterocycles. The molecule has 1 unspecified atom stereocenters. The van der Waals surface area contributed by atoms with Crippen molar-refractivity contribution in [2.24, 2.45) is 0 Å². The minimum Gasteiger partial charge on any atom is -0.349 e. The van der Waals surface area contributed by atoms with Crippen molar-refractivity contribution >= 4 is 5.91 Å². The van der Waals surface area contributed by atoms with E-state index in [4.69, 9.17) is 0 Å². The molecule has 4 heteroatoms. The SMILES string of the molecule is CCCN(CCCC(=O)N(C)C)CC1CCCCN1. The molecule has 1 aliphatic rings. The number of nitrogens with one attached hydrogen (secondary N) is 1. The Morgan fingerprint density at radius 2 is 2.05 bits per heavy atom. The first-order chi connectivity index (χ1) is 9.13. The van der Waals surface area contributed by atoms with Crippen LogP contribution in [0.4, 0.5) is 0 Å². The van der Waals surface area contributed by atoms with Crippen molar-refractivity contribution in [1.82, 2.24) is 15.1 Å². The van der Waals surface area contributed by atoms with Crippen molar-refractivity contribution in [3.8, 4) is 0 Å². The molecule has 112 valence electrons. The summed E-state index contributed by atoms with van der Waals surface area (Å²) < 4.78 is 0. The highest BCUT2D eigenvalue weighted by Crippen LogP contribution is 2.09. The van der Waals surface area contributed by atoms with Crippen molar-refractivity contribution in [3.63, 3.8) is 0 Å². The first-order valence-corrected chi connectivity index (χ1v) is 7.79. The van der Waals surface area contributed by atoms with E-state index in [0.717, 1.165) is 26.1 Å². The normalized spacial score (nSPS) is 19.7. The van der Waals surface area contributed by atoms with Crippen molar-refractivity contribution in [2.45, 2.75) is 51.5 Å². The molecule has 1 N–H and O–H groups in total. The second-order valence-electron chi connectivity index (χ2n) is 5.84. The van der Waals surface area contributed by atoms with Crippen molar-refractivity contribution < 1.29 is 4.79 Å². The molecule has 19 heavy (non-hydrogen) atoms. The maximum atomic E-state index is 11.6. The Labute approximate surface area is 118 Å². The van der Waals surface area contributed by atoms with E-state index in [9.17, 15) is 4.79 Å². The van der Waals surface area contributed by atoms with Gasteiger partial charge in [-0.1, -0.05) is 13.3 Å². The van der Waals surface area contributed by atoms with Crippen LogP contribution in [0.1, 0.15) is 45.4 Å². The summed E-state index contributed by atoms with van der Waals surface area (Å²) in [5.41, 5.74) is 0. The van der Waals surface area contributed by atoms with E-state index >= 15 is 0 Å². The maximum Gasteiger partial charge on any atom is 0.222 e. The molecule has 0 aliphatic carbocycles. The van der Waals surface area contributed by atoms with Gasteiger partial charge in [-0.25, -0.2) is 0 Å². The number of piperidine rings is 1. The summed E-state index contributed by atoms with van der Waals surface area (Å²) in [5, 5.41) is 3.61. The molecule has 4 nitrogen and oxygen atoms in total. The Morgan fingerprint density at radius 3 is 2.63 bits per heavy atom. The largest absolute Gasteiger partial charge is 0.349 e. The highest BCUT2D eigenvalue weighted by Gasteiger charge is 2.16. The maximum absolute atomic E-state index is 11.6. The summed E-state index contributed by atoms with van der Waals surface area (Å²) >= 11 is 0. The lowest BCUT2D eigenvalue weighted by atomic mass is 10.0. The molecular weight excluding hydrogens is 238 g/mol. The van der Waals surface area contributed by atoms with Gasteiger partial charge in [0.15, 0.2) is 0 Å². The standard InChI is InChI=1S/C15H31N3O/c1-4-11-18(12-7-9-15(19)17(2)3)13-14-8-5-6-10-16-14/h14,16H,4-13H2,1-3H3. The first-order valence-electron chi connectivity index (χ1n) is 7.79. The summed E-state index contributed by atoms with van der Waals surface area (Å²) in [4.78, 5) is 15.8. The molecule has 0 aromatic heterocycles. The molecular formula is C15H31N3O. The molecule has 1 atom stereocenters. The number of rotatable bonds is 8.